The van der Waals surface area contributed by atoms with Crippen molar-refractivity contribution in [1.29, 1.82) is 0 Å². The molecule has 0 aliphatic heterocycles. The van der Waals surface area contributed by atoms with Crippen molar-refractivity contribution in [1.82, 2.24) is 0 Å². The molecule has 0 spiro atoms. The highest BCUT2D eigenvalue weighted by molar-refractivity contribution is 4.90. The standard InChI is InChI=1S/C15H28/c1-10(2)13-7-5-11(3)14-8-6-12(4)15(14)9-13/h10-15H,5-9H2,1-4H3/t11-,12-,13+,14?,15?/m0/s1. The van der Waals surface area contributed by atoms with Gasteiger partial charge in [0.15, 0.2) is 0 Å². The Morgan fingerprint density at radius 1 is 0.800 bits per heavy atom. The Kier molecular flexibility index (Phi) is 3.42. The Morgan fingerprint density at radius 3 is 2.07 bits per heavy atom. The molecular formula is C15H28. The van der Waals surface area contributed by atoms with Gasteiger partial charge in [-0.05, 0) is 54.8 Å². The molecule has 0 heteroatoms. The van der Waals surface area contributed by atoms with E-state index in [2.05, 4.69) is 27.7 Å². The summed E-state index contributed by atoms with van der Waals surface area (Å²) in [6.07, 6.45) is 7.56. The molecule has 88 valence electrons. The summed E-state index contributed by atoms with van der Waals surface area (Å²) >= 11 is 0. The Bertz CT molecular complexity index is 206. The van der Waals surface area contributed by atoms with Crippen LogP contribution in [0.15, 0.2) is 0 Å². The summed E-state index contributed by atoms with van der Waals surface area (Å²) in [5.41, 5.74) is 0. The predicted molar refractivity (Wildman–Crippen MR) is 66.7 cm³/mol. The molecule has 5 atom stereocenters. The van der Waals surface area contributed by atoms with Gasteiger partial charge in [0.2, 0.25) is 0 Å². The monoisotopic (exact) mass is 208 g/mol. The molecule has 0 aromatic rings. The second-order valence-corrected chi connectivity index (χ2v) is 6.68. The van der Waals surface area contributed by atoms with E-state index in [0.29, 0.717) is 0 Å². The third-order valence-corrected chi connectivity index (χ3v) is 5.48. The maximum Gasteiger partial charge on any atom is -0.0355 e. The SMILES string of the molecule is CC(C)[C@@H]1CC[C@H](C)C2CC[C@H](C)C2C1. The van der Waals surface area contributed by atoms with Crippen LogP contribution in [0, 0.1) is 35.5 Å². The van der Waals surface area contributed by atoms with Gasteiger partial charge in [0.1, 0.15) is 0 Å². The maximum atomic E-state index is 2.51. The zero-order chi connectivity index (χ0) is 11.0. The summed E-state index contributed by atoms with van der Waals surface area (Å²) in [6.45, 7) is 9.86. The van der Waals surface area contributed by atoms with E-state index in [0.717, 1.165) is 35.5 Å². The second kappa shape index (κ2) is 4.47. The van der Waals surface area contributed by atoms with Crippen LogP contribution < -0.4 is 0 Å². The molecule has 0 heterocycles. The van der Waals surface area contributed by atoms with E-state index in [9.17, 15) is 0 Å². The number of hydrogen-bond donors (Lipinski definition) is 0. The van der Waals surface area contributed by atoms with E-state index in [4.69, 9.17) is 0 Å². The quantitative estimate of drug-likeness (QED) is 0.584. The zero-order valence-corrected chi connectivity index (χ0v) is 11.0. The minimum absolute atomic E-state index is 0.906. The molecule has 0 aromatic carbocycles. The first-order valence-corrected chi connectivity index (χ1v) is 7.09. The molecule has 15 heavy (non-hydrogen) atoms. The Labute approximate surface area is 95.8 Å². The fraction of sp³-hybridized carbons (Fsp3) is 1.00. The van der Waals surface area contributed by atoms with Gasteiger partial charge in [-0.25, -0.2) is 0 Å². The van der Waals surface area contributed by atoms with E-state index in [1.807, 2.05) is 0 Å². The van der Waals surface area contributed by atoms with Gasteiger partial charge >= 0.3 is 0 Å². The van der Waals surface area contributed by atoms with Crippen LogP contribution >= 0.6 is 0 Å². The average molecular weight is 208 g/mol. The third kappa shape index (κ3) is 2.24. The molecule has 0 nitrogen and oxygen atoms in total. The Hall–Kier alpha value is 0. The van der Waals surface area contributed by atoms with Crippen LogP contribution in [0.1, 0.15) is 59.8 Å². The summed E-state index contributed by atoms with van der Waals surface area (Å²) in [6, 6.07) is 0. The minimum atomic E-state index is 0.906. The third-order valence-electron chi connectivity index (χ3n) is 5.48. The summed E-state index contributed by atoms with van der Waals surface area (Å²) in [4.78, 5) is 0. The lowest BCUT2D eigenvalue weighted by Crippen LogP contribution is -2.19. The van der Waals surface area contributed by atoms with Gasteiger partial charge in [-0.2, -0.15) is 0 Å². The van der Waals surface area contributed by atoms with E-state index in [-0.39, 0.29) is 0 Å². The molecule has 0 radical (unpaired) electrons. The van der Waals surface area contributed by atoms with Gasteiger partial charge in [-0.1, -0.05) is 40.5 Å². The lowest BCUT2D eigenvalue weighted by atomic mass is 9.78. The Balaban J connectivity index is 2.09. The molecule has 0 aromatic heterocycles. The van der Waals surface area contributed by atoms with Crippen LogP contribution in [-0.2, 0) is 0 Å². The molecular weight excluding hydrogens is 180 g/mol. The van der Waals surface area contributed by atoms with Crippen molar-refractivity contribution < 1.29 is 0 Å². The fourth-order valence-electron chi connectivity index (χ4n) is 4.18. The lowest BCUT2D eigenvalue weighted by Gasteiger charge is -2.27. The van der Waals surface area contributed by atoms with E-state index in [1.54, 1.807) is 0 Å². The molecule has 2 aliphatic carbocycles. The highest BCUT2D eigenvalue weighted by Crippen LogP contribution is 2.49. The van der Waals surface area contributed by atoms with Crippen LogP contribution in [0.4, 0.5) is 0 Å². The van der Waals surface area contributed by atoms with Gasteiger partial charge in [0.05, 0.1) is 0 Å². The van der Waals surface area contributed by atoms with Crippen molar-refractivity contribution >= 4 is 0 Å². The van der Waals surface area contributed by atoms with Crippen molar-refractivity contribution in [2.45, 2.75) is 59.8 Å². The largest absolute Gasteiger partial charge is 0.0625 e. The van der Waals surface area contributed by atoms with Gasteiger partial charge in [0, 0.05) is 0 Å². The molecule has 2 unspecified atom stereocenters. The van der Waals surface area contributed by atoms with Gasteiger partial charge in [-0.15, -0.1) is 0 Å². The van der Waals surface area contributed by atoms with E-state index >= 15 is 0 Å². The average Bonchev–Trinajstić information content (AvgIpc) is 2.43. The second-order valence-electron chi connectivity index (χ2n) is 6.68. The Morgan fingerprint density at radius 2 is 1.40 bits per heavy atom. The van der Waals surface area contributed by atoms with E-state index < -0.39 is 0 Å². The fourth-order valence-corrected chi connectivity index (χ4v) is 4.18. The van der Waals surface area contributed by atoms with Crippen LogP contribution in [0.25, 0.3) is 0 Å². The number of rotatable bonds is 1. The normalized spacial score (nSPS) is 46.6. The highest BCUT2D eigenvalue weighted by atomic mass is 14.4. The van der Waals surface area contributed by atoms with Gasteiger partial charge in [-0.3, -0.25) is 0 Å². The van der Waals surface area contributed by atoms with E-state index in [1.165, 1.54) is 32.1 Å². The molecule has 2 fully saturated rings. The minimum Gasteiger partial charge on any atom is -0.0625 e. The number of fused-ring (bicyclic) bond motifs is 1. The predicted octanol–water partition coefficient (Wildman–Crippen LogP) is 4.74. The van der Waals surface area contributed by atoms with Crippen LogP contribution in [-0.4, -0.2) is 0 Å². The maximum absolute atomic E-state index is 2.51. The molecule has 0 saturated heterocycles. The molecule has 2 rings (SSSR count). The summed E-state index contributed by atoms with van der Waals surface area (Å²) in [5.74, 6) is 6.07. The first kappa shape index (κ1) is 11.5. The van der Waals surface area contributed by atoms with Crippen LogP contribution in [0.2, 0.25) is 0 Å². The zero-order valence-electron chi connectivity index (χ0n) is 11.0. The van der Waals surface area contributed by atoms with Gasteiger partial charge < -0.3 is 0 Å². The van der Waals surface area contributed by atoms with Crippen molar-refractivity contribution in [2.75, 3.05) is 0 Å². The smallest absolute Gasteiger partial charge is 0.0355 e. The van der Waals surface area contributed by atoms with Crippen molar-refractivity contribution in [3.63, 3.8) is 0 Å². The molecule has 0 amide bonds. The first-order valence-electron chi connectivity index (χ1n) is 7.09. The van der Waals surface area contributed by atoms with Crippen molar-refractivity contribution in [3.8, 4) is 0 Å². The van der Waals surface area contributed by atoms with Crippen LogP contribution in [0.5, 0.6) is 0 Å². The summed E-state index contributed by atoms with van der Waals surface area (Å²) < 4.78 is 0. The topological polar surface area (TPSA) is 0 Å². The van der Waals surface area contributed by atoms with Gasteiger partial charge in [0.25, 0.3) is 0 Å². The highest BCUT2D eigenvalue weighted by Gasteiger charge is 2.40. The lowest BCUT2D eigenvalue weighted by molar-refractivity contribution is 0.223. The molecule has 0 N–H and O–H groups in total. The van der Waals surface area contributed by atoms with Crippen LogP contribution in [0.3, 0.4) is 0 Å². The summed E-state index contributed by atoms with van der Waals surface area (Å²) in [7, 11) is 0. The van der Waals surface area contributed by atoms with Crippen molar-refractivity contribution in [2.24, 2.45) is 35.5 Å². The van der Waals surface area contributed by atoms with Crippen molar-refractivity contribution in [3.05, 3.63) is 0 Å². The molecule has 2 saturated carbocycles. The summed E-state index contributed by atoms with van der Waals surface area (Å²) in [5, 5.41) is 0. The molecule has 0 bridgehead atoms. The first-order chi connectivity index (χ1) is 7.09. The molecule has 2 aliphatic rings. The number of hydrogen-bond acceptors (Lipinski definition) is 0.